The van der Waals surface area contributed by atoms with Crippen LogP contribution in [0, 0.1) is 0 Å². The Hall–Kier alpha value is -0.570. The first-order valence-corrected chi connectivity index (χ1v) is 5.34. The number of hydrogen-bond donors (Lipinski definition) is 2. The molecule has 0 aliphatic heterocycles. The van der Waals surface area contributed by atoms with E-state index in [1.54, 1.807) is 6.08 Å². The Morgan fingerprint density at radius 1 is 1.31 bits per heavy atom. The van der Waals surface area contributed by atoms with E-state index in [1.165, 1.54) is 25.7 Å². The smallest absolute Gasteiger partial charge is 0.166 e. The highest BCUT2D eigenvalue weighted by Crippen LogP contribution is 1.96. The average Bonchev–Trinajstić information content (AvgIpc) is 2.14. The van der Waals surface area contributed by atoms with Gasteiger partial charge in [-0.1, -0.05) is 32.3 Å². The Kier molecular flexibility index (Phi) is 9.10. The summed E-state index contributed by atoms with van der Waals surface area (Å²) in [5.74, 6) is 0. The Labute approximate surface area is 86.8 Å². The fourth-order valence-corrected chi connectivity index (χ4v) is 1.17. The molecule has 0 heterocycles. The second-order valence-electron chi connectivity index (χ2n) is 2.99. The molecule has 0 bridgehead atoms. The molecule has 0 spiro atoms. The SMILES string of the molecule is C=CCNC(=S)NCCCCCC. The van der Waals surface area contributed by atoms with Crippen LogP contribution in [-0.4, -0.2) is 18.2 Å². The van der Waals surface area contributed by atoms with E-state index in [0.29, 0.717) is 0 Å². The summed E-state index contributed by atoms with van der Waals surface area (Å²) in [6.07, 6.45) is 6.87. The van der Waals surface area contributed by atoms with Gasteiger partial charge in [-0.25, -0.2) is 0 Å². The lowest BCUT2D eigenvalue weighted by atomic mass is 10.2. The van der Waals surface area contributed by atoms with E-state index in [0.717, 1.165) is 18.2 Å². The normalized spacial score (nSPS) is 9.31. The molecule has 0 amide bonds. The molecule has 2 nitrogen and oxygen atoms in total. The monoisotopic (exact) mass is 200 g/mol. The van der Waals surface area contributed by atoms with Crippen LogP contribution in [0.25, 0.3) is 0 Å². The highest BCUT2D eigenvalue weighted by Gasteiger charge is 1.91. The van der Waals surface area contributed by atoms with Crippen molar-refractivity contribution < 1.29 is 0 Å². The van der Waals surface area contributed by atoms with E-state index in [9.17, 15) is 0 Å². The van der Waals surface area contributed by atoms with Crippen molar-refractivity contribution in [1.29, 1.82) is 0 Å². The Morgan fingerprint density at radius 2 is 2.08 bits per heavy atom. The molecule has 76 valence electrons. The maximum absolute atomic E-state index is 5.03. The lowest BCUT2D eigenvalue weighted by Gasteiger charge is -2.07. The summed E-state index contributed by atoms with van der Waals surface area (Å²) >= 11 is 5.03. The van der Waals surface area contributed by atoms with Crippen LogP contribution in [0.5, 0.6) is 0 Å². The van der Waals surface area contributed by atoms with Crippen LogP contribution in [0.2, 0.25) is 0 Å². The topological polar surface area (TPSA) is 24.1 Å². The zero-order valence-electron chi connectivity index (χ0n) is 8.44. The molecule has 0 aliphatic rings. The molecule has 0 aromatic rings. The van der Waals surface area contributed by atoms with Crippen molar-refractivity contribution in [3.05, 3.63) is 12.7 Å². The van der Waals surface area contributed by atoms with Crippen LogP contribution in [-0.2, 0) is 0 Å². The highest BCUT2D eigenvalue weighted by molar-refractivity contribution is 7.80. The summed E-state index contributed by atoms with van der Waals surface area (Å²) in [7, 11) is 0. The van der Waals surface area contributed by atoms with E-state index in [4.69, 9.17) is 12.2 Å². The van der Waals surface area contributed by atoms with Crippen molar-refractivity contribution >= 4 is 17.3 Å². The van der Waals surface area contributed by atoms with Gasteiger partial charge in [0.15, 0.2) is 5.11 Å². The van der Waals surface area contributed by atoms with Gasteiger partial charge < -0.3 is 10.6 Å². The van der Waals surface area contributed by atoms with Crippen molar-refractivity contribution in [2.45, 2.75) is 32.6 Å². The Balaban J connectivity index is 3.12. The van der Waals surface area contributed by atoms with Gasteiger partial charge in [-0.2, -0.15) is 0 Å². The third-order valence-corrected chi connectivity index (χ3v) is 2.01. The summed E-state index contributed by atoms with van der Waals surface area (Å²) in [4.78, 5) is 0. The minimum Gasteiger partial charge on any atom is -0.363 e. The molecule has 0 saturated carbocycles. The van der Waals surface area contributed by atoms with Gasteiger partial charge in [0, 0.05) is 13.1 Å². The molecule has 0 rings (SSSR count). The van der Waals surface area contributed by atoms with Gasteiger partial charge in [-0.15, -0.1) is 6.58 Å². The van der Waals surface area contributed by atoms with E-state index >= 15 is 0 Å². The van der Waals surface area contributed by atoms with Gasteiger partial charge >= 0.3 is 0 Å². The average molecular weight is 200 g/mol. The number of unbranched alkanes of at least 4 members (excludes halogenated alkanes) is 3. The van der Waals surface area contributed by atoms with Crippen molar-refractivity contribution in [2.24, 2.45) is 0 Å². The largest absolute Gasteiger partial charge is 0.363 e. The van der Waals surface area contributed by atoms with Crippen molar-refractivity contribution in [2.75, 3.05) is 13.1 Å². The Bertz CT molecular complexity index is 146. The van der Waals surface area contributed by atoms with E-state index in [2.05, 4.69) is 24.1 Å². The molecule has 0 aliphatic carbocycles. The molecule has 0 aromatic carbocycles. The summed E-state index contributed by atoms with van der Waals surface area (Å²) < 4.78 is 0. The standard InChI is InChI=1S/C10H20N2S/c1-3-5-6-7-9-12-10(13)11-8-4-2/h4H,2-3,5-9H2,1H3,(H2,11,12,13). The molecule has 0 saturated heterocycles. The first-order chi connectivity index (χ1) is 6.31. The summed E-state index contributed by atoms with van der Waals surface area (Å²) in [6.45, 7) is 7.53. The summed E-state index contributed by atoms with van der Waals surface area (Å²) in [5, 5.41) is 6.91. The van der Waals surface area contributed by atoms with Crippen molar-refractivity contribution in [3.63, 3.8) is 0 Å². The minimum atomic E-state index is 0.733. The molecular weight excluding hydrogens is 180 g/mol. The van der Waals surface area contributed by atoms with Crippen LogP contribution in [0.4, 0.5) is 0 Å². The highest BCUT2D eigenvalue weighted by atomic mass is 32.1. The molecular formula is C10H20N2S. The molecule has 0 aromatic heterocycles. The van der Waals surface area contributed by atoms with Gasteiger partial charge in [-0.05, 0) is 18.6 Å². The quantitative estimate of drug-likeness (QED) is 0.374. The van der Waals surface area contributed by atoms with E-state index < -0.39 is 0 Å². The second-order valence-corrected chi connectivity index (χ2v) is 3.39. The van der Waals surface area contributed by atoms with Crippen LogP contribution in [0.1, 0.15) is 32.6 Å². The predicted octanol–water partition coefficient (Wildman–Crippen LogP) is 2.22. The first-order valence-electron chi connectivity index (χ1n) is 4.93. The number of rotatable bonds is 7. The van der Waals surface area contributed by atoms with Gasteiger partial charge in [-0.3, -0.25) is 0 Å². The zero-order chi connectivity index (χ0) is 9.94. The predicted molar refractivity (Wildman–Crippen MR) is 62.9 cm³/mol. The van der Waals surface area contributed by atoms with Gasteiger partial charge in [0.1, 0.15) is 0 Å². The van der Waals surface area contributed by atoms with Crippen molar-refractivity contribution in [1.82, 2.24) is 10.6 Å². The molecule has 2 N–H and O–H groups in total. The van der Waals surface area contributed by atoms with Gasteiger partial charge in [0.2, 0.25) is 0 Å². The molecule has 13 heavy (non-hydrogen) atoms. The number of nitrogens with one attached hydrogen (secondary N) is 2. The van der Waals surface area contributed by atoms with Crippen molar-refractivity contribution in [3.8, 4) is 0 Å². The van der Waals surface area contributed by atoms with Gasteiger partial charge in [0.05, 0.1) is 0 Å². The molecule has 0 atom stereocenters. The third-order valence-electron chi connectivity index (χ3n) is 1.72. The van der Waals surface area contributed by atoms with Crippen LogP contribution in [0.3, 0.4) is 0 Å². The van der Waals surface area contributed by atoms with E-state index in [1.807, 2.05) is 0 Å². The minimum absolute atomic E-state index is 0.733. The summed E-state index contributed by atoms with van der Waals surface area (Å²) in [5.41, 5.74) is 0. The number of hydrogen-bond acceptors (Lipinski definition) is 1. The fraction of sp³-hybridized carbons (Fsp3) is 0.700. The van der Waals surface area contributed by atoms with E-state index in [-0.39, 0.29) is 0 Å². The first kappa shape index (κ1) is 12.4. The third kappa shape index (κ3) is 9.34. The lowest BCUT2D eigenvalue weighted by molar-refractivity contribution is 0.652. The maximum atomic E-state index is 5.03. The Morgan fingerprint density at radius 3 is 2.69 bits per heavy atom. The number of thiocarbonyl (C=S) groups is 1. The van der Waals surface area contributed by atoms with Crippen LogP contribution >= 0.6 is 12.2 Å². The molecule has 3 heteroatoms. The second kappa shape index (κ2) is 9.52. The van der Waals surface area contributed by atoms with Crippen LogP contribution in [0.15, 0.2) is 12.7 Å². The lowest BCUT2D eigenvalue weighted by Crippen LogP contribution is -2.35. The molecule has 0 fully saturated rings. The molecule has 0 radical (unpaired) electrons. The van der Waals surface area contributed by atoms with Gasteiger partial charge in [0.25, 0.3) is 0 Å². The maximum Gasteiger partial charge on any atom is 0.166 e. The summed E-state index contributed by atoms with van der Waals surface area (Å²) in [6, 6.07) is 0. The zero-order valence-corrected chi connectivity index (χ0v) is 9.25. The molecule has 0 unspecified atom stereocenters. The van der Waals surface area contributed by atoms with Crippen LogP contribution < -0.4 is 10.6 Å². The fourth-order valence-electron chi connectivity index (χ4n) is 0.981.